The average Bonchev–Trinajstić information content (AvgIpc) is 2.81. The summed E-state index contributed by atoms with van der Waals surface area (Å²) in [5, 5.41) is 8.84. The van der Waals surface area contributed by atoms with Crippen LogP contribution in [0.15, 0.2) is 44.5 Å². The van der Waals surface area contributed by atoms with Gasteiger partial charge in [0.05, 0.1) is 5.92 Å². The molecule has 80 valence electrons. The quantitative estimate of drug-likeness (QED) is 0.733. The van der Waals surface area contributed by atoms with Crippen LogP contribution in [0.25, 0.3) is 0 Å². The third kappa shape index (κ3) is 1.82. The fraction of sp³-hybridized carbons (Fsp3) is 0.167. The van der Waals surface area contributed by atoms with Gasteiger partial charge in [-0.25, -0.2) is 4.79 Å². The molecule has 0 spiro atoms. The first-order valence-electron chi connectivity index (χ1n) is 4.73. The van der Waals surface area contributed by atoms with Crippen molar-refractivity contribution >= 4 is 11.8 Å². The molecular weight excluding hydrogens is 222 g/mol. The summed E-state index contributed by atoms with van der Waals surface area (Å²) in [5.41, 5.74) is -0.472. The van der Waals surface area contributed by atoms with E-state index in [0.29, 0.717) is 10.7 Å². The van der Waals surface area contributed by atoms with Crippen molar-refractivity contribution in [3.63, 3.8) is 0 Å². The van der Waals surface area contributed by atoms with Gasteiger partial charge in [-0.05, 0) is 12.3 Å². The molecule has 2 rings (SSSR count). The largest absolute Gasteiger partial charge is 0.426 e. The predicted molar refractivity (Wildman–Crippen MR) is 62.5 cm³/mol. The van der Waals surface area contributed by atoms with E-state index in [4.69, 9.17) is 9.68 Å². The van der Waals surface area contributed by atoms with Gasteiger partial charge in [0.15, 0.2) is 5.56 Å². The molecule has 1 aliphatic carbocycles. The zero-order valence-electron chi connectivity index (χ0n) is 8.64. The van der Waals surface area contributed by atoms with Crippen LogP contribution in [0.2, 0.25) is 0 Å². The zero-order valence-corrected chi connectivity index (χ0v) is 9.45. The number of nitriles is 1. The average molecular weight is 231 g/mol. The number of thioether (sulfide) groups is 1. The van der Waals surface area contributed by atoms with E-state index < -0.39 is 5.63 Å². The van der Waals surface area contributed by atoms with Crippen LogP contribution in [0.1, 0.15) is 17.2 Å². The lowest BCUT2D eigenvalue weighted by Crippen LogP contribution is -2.08. The highest BCUT2D eigenvalue weighted by Gasteiger charge is 2.15. The Labute approximate surface area is 97.1 Å². The van der Waals surface area contributed by atoms with Gasteiger partial charge >= 0.3 is 5.63 Å². The van der Waals surface area contributed by atoms with E-state index in [2.05, 4.69) is 0 Å². The first-order valence-corrected chi connectivity index (χ1v) is 5.96. The highest BCUT2D eigenvalue weighted by atomic mass is 32.2. The van der Waals surface area contributed by atoms with Gasteiger partial charge in [0.2, 0.25) is 0 Å². The van der Waals surface area contributed by atoms with Crippen LogP contribution in [-0.2, 0) is 0 Å². The lowest BCUT2D eigenvalue weighted by atomic mass is 10.1. The Hall–Kier alpha value is -1.73. The third-order valence-corrected chi connectivity index (χ3v) is 3.10. The van der Waals surface area contributed by atoms with Crippen LogP contribution in [-0.4, -0.2) is 6.26 Å². The van der Waals surface area contributed by atoms with Crippen LogP contribution < -0.4 is 5.63 Å². The van der Waals surface area contributed by atoms with Gasteiger partial charge in [-0.3, -0.25) is 0 Å². The maximum atomic E-state index is 11.6. The molecule has 0 bridgehead atoms. The molecule has 0 radical (unpaired) electrons. The molecule has 0 unspecified atom stereocenters. The molecule has 4 heteroatoms. The molecule has 0 fully saturated rings. The van der Waals surface area contributed by atoms with Gasteiger partial charge in [0.1, 0.15) is 11.8 Å². The molecule has 3 nitrogen and oxygen atoms in total. The SMILES string of the molecule is CSc1cc(C2C=CC=C2)oc(=O)c1C#N. The van der Waals surface area contributed by atoms with E-state index in [0.717, 1.165) is 0 Å². The fourth-order valence-corrected chi connectivity index (χ4v) is 2.10. The molecule has 1 heterocycles. The Balaban J connectivity index is 2.55. The molecule has 0 aliphatic heterocycles. The maximum Gasteiger partial charge on any atom is 0.355 e. The monoisotopic (exact) mass is 231 g/mol. The van der Waals surface area contributed by atoms with Crippen LogP contribution in [0.4, 0.5) is 0 Å². The minimum absolute atomic E-state index is 0.00587. The Morgan fingerprint density at radius 2 is 2.12 bits per heavy atom. The van der Waals surface area contributed by atoms with Crippen LogP contribution in [0, 0.1) is 11.3 Å². The van der Waals surface area contributed by atoms with E-state index in [9.17, 15) is 4.79 Å². The van der Waals surface area contributed by atoms with Gasteiger partial charge < -0.3 is 4.42 Å². The van der Waals surface area contributed by atoms with E-state index >= 15 is 0 Å². The summed E-state index contributed by atoms with van der Waals surface area (Å²) in [5.74, 6) is 0.588. The Morgan fingerprint density at radius 3 is 2.69 bits per heavy atom. The first-order chi connectivity index (χ1) is 7.76. The van der Waals surface area contributed by atoms with Crippen molar-refractivity contribution < 1.29 is 4.42 Å². The number of hydrogen-bond acceptors (Lipinski definition) is 4. The van der Waals surface area contributed by atoms with Gasteiger partial charge in [-0.2, -0.15) is 5.26 Å². The second-order valence-electron chi connectivity index (χ2n) is 3.29. The van der Waals surface area contributed by atoms with Gasteiger partial charge in [0, 0.05) is 4.90 Å². The first kappa shape index (κ1) is 10.8. The molecule has 0 atom stereocenters. The molecule has 0 saturated heterocycles. The van der Waals surface area contributed by atoms with Crippen molar-refractivity contribution in [2.75, 3.05) is 6.26 Å². The molecule has 1 aliphatic rings. The van der Waals surface area contributed by atoms with Crippen molar-refractivity contribution in [1.82, 2.24) is 0 Å². The Kier molecular flexibility index (Phi) is 2.97. The Bertz CT molecular complexity index is 551. The normalized spacial score (nSPS) is 14.2. The molecular formula is C12H9NO2S. The topological polar surface area (TPSA) is 54.0 Å². The number of rotatable bonds is 2. The molecule has 0 N–H and O–H groups in total. The summed E-state index contributed by atoms with van der Waals surface area (Å²) in [6, 6.07) is 3.63. The van der Waals surface area contributed by atoms with E-state index in [1.165, 1.54) is 11.8 Å². The minimum Gasteiger partial charge on any atom is -0.426 e. The number of allylic oxidation sites excluding steroid dienone is 4. The van der Waals surface area contributed by atoms with Crippen molar-refractivity contribution in [2.24, 2.45) is 0 Å². The summed E-state index contributed by atoms with van der Waals surface area (Å²) in [6.07, 6.45) is 9.52. The van der Waals surface area contributed by atoms with Crippen LogP contribution in [0.5, 0.6) is 0 Å². The summed E-state index contributed by atoms with van der Waals surface area (Å²) >= 11 is 1.38. The highest BCUT2D eigenvalue weighted by Crippen LogP contribution is 2.26. The van der Waals surface area contributed by atoms with E-state index in [1.54, 1.807) is 6.07 Å². The van der Waals surface area contributed by atoms with Crippen molar-refractivity contribution in [3.8, 4) is 6.07 Å². The summed E-state index contributed by atoms with van der Waals surface area (Å²) in [6.45, 7) is 0. The van der Waals surface area contributed by atoms with Gasteiger partial charge in [0.25, 0.3) is 0 Å². The minimum atomic E-state index is -0.557. The lowest BCUT2D eigenvalue weighted by Gasteiger charge is -2.06. The molecule has 0 aromatic carbocycles. The second-order valence-corrected chi connectivity index (χ2v) is 4.14. The maximum absolute atomic E-state index is 11.6. The van der Waals surface area contributed by atoms with Gasteiger partial charge in [-0.1, -0.05) is 24.3 Å². The van der Waals surface area contributed by atoms with Crippen molar-refractivity contribution in [1.29, 1.82) is 5.26 Å². The van der Waals surface area contributed by atoms with E-state index in [1.807, 2.05) is 36.6 Å². The lowest BCUT2D eigenvalue weighted by molar-refractivity contribution is 0.453. The summed E-state index contributed by atoms with van der Waals surface area (Å²) in [4.78, 5) is 12.2. The van der Waals surface area contributed by atoms with Crippen molar-refractivity contribution in [2.45, 2.75) is 10.8 Å². The standard InChI is InChI=1S/C12H9NO2S/c1-16-11-6-10(8-4-2-3-5-8)15-12(14)9(11)7-13/h2-6,8H,1H3. The third-order valence-electron chi connectivity index (χ3n) is 2.34. The highest BCUT2D eigenvalue weighted by molar-refractivity contribution is 7.98. The van der Waals surface area contributed by atoms with Crippen LogP contribution in [0.3, 0.4) is 0 Å². The number of hydrogen-bond donors (Lipinski definition) is 0. The Morgan fingerprint density at radius 1 is 1.44 bits per heavy atom. The molecule has 1 aromatic rings. The smallest absolute Gasteiger partial charge is 0.355 e. The predicted octanol–water partition coefficient (Wildman–Crippen LogP) is 2.44. The fourth-order valence-electron chi connectivity index (χ4n) is 1.54. The molecule has 1 aromatic heterocycles. The molecule has 16 heavy (non-hydrogen) atoms. The van der Waals surface area contributed by atoms with Gasteiger partial charge in [-0.15, -0.1) is 11.8 Å². The van der Waals surface area contributed by atoms with E-state index in [-0.39, 0.29) is 11.5 Å². The zero-order chi connectivity index (χ0) is 11.5. The van der Waals surface area contributed by atoms with Crippen LogP contribution >= 0.6 is 11.8 Å². The molecule has 0 amide bonds. The molecule has 0 saturated carbocycles. The number of nitrogens with zero attached hydrogens (tertiary/aromatic N) is 1. The summed E-state index contributed by atoms with van der Waals surface area (Å²) in [7, 11) is 0. The summed E-state index contributed by atoms with van der Waals surface area (Å²) < 4.78 is 5.13. The second kappa shape index (κ2) is 4.42. The van der Waals surface area contributed by atoms with Crippen molar-refractivity contribution in [3.05, 3.63) is 52.1 Å².